The molecule has 0 radical (unpaired) electrons. The predicted octanol–water partition coefficient (Wildman–Crippen LogP) is 3.55. The van der Waals surface area contributed by atoms with Crippen LogP contribution in [-0.2, 0) is 0 Å². The number of nitrogens with zero attached hydrogens (tertiary/aromatic N) is 1. The first-order chi connectivity index (χ1) is 7.79. The first-order valence-electron chi connectivity index (χ1n) is 5.99. The molecule has 0 spiro atoms. The Morgan fingerprint density at radius 1 is 1.44 bits per heavy atom. The molecule has 0 saturated heterocycles. The van der Waals surface area contributed by atoms with E-state index in [1.807, 2.05) is 6.20 Å². The second-order valence-electron chi connectivity index (χ2n) is 4.36. The van der Waals surface area contributed by atoms with E-state index in [0.717, 1.165) is 10.9 Å². The summed E-state index contributed by atoms with van der Waals surface area (Å²) in [6.07, 6.45) is 5.60. The minimum atomic E-state index is 0.528. The Hall–Kier alpha value is -1.51. The largest absolute Gasteiger partial charge is 0.383 e. The molecule has 86 valence electrons. The molecule has 2 aromatic rings. The van der Waals surface area contributed by atoms with Crippen molar-refractivity contribution in [2.24, 2.45) is 0 Å². The summed E-state index contributed by atoms with van der Waals surface area (Å²) in [6, 6.07) is 6.85. The van der Waals surface area contributed by atoms with Gasteiger partial charge in [-0.05, 0) is 31.5 Å². The molecule has 1 heterocycles. The van der Waals surface area contributed by atoms with Gasteiger partial charge in [-0.1, -0.05) is 19.8 Å². The number of hydrogen-bond acceptors (Lipinski definition) is 2. The van der Waals surface area contributed by atoms with Gasteiger partial charge in [0.1, 0.15) is 0 Å². The lowest BCUT2D eigenvalue weighted by Gasteiger charge is -2.14. The standard InChI is InChI=1S/C13H19N3/c1-3-4-5-10(2)15-12-7-6-11-9-14-16-13(11)8-12/h6-10,15H,3-5H2,1-2H3,(H,14,16). The summed E-state index contributed by atoms with van der Waals surface area (Å²) < 4.78 is 0. The molecule has 0 aliphatic rings. The van der Waals surface area contributed by atoms with Gasteiger partial charge in [-0.25, -0.2) is 0 Å². The minimum absolute atomic E-state index is 0.528. The Morgan fingerprint density at radius 2 is 2.31 bits per heavy atom. The lowest BCUT2D eigenvalue weighted by Crippen LogP contribution is -2.14. The third-order valence-electron chi connectivity index (χ3n) is 2.85. The van der Waals surface area contributed by atoms with E-state index in [-0.39, 0.29) is 0 Å². The van der Waals surface area contributed by atoms with Gasteiger partial charge in [0.2, 0.25) is 0 Å². The van der Waals surface area contributed by atoms with Gasteiger partial charge in [-0.2, -0.15) is 5.10 Å². The molecular weight excluding hydrogens is 198 g/mol. The van der Waals surface area contributed by atoms with Gasteiger partial charge in [0.05, 0.1) is 11.7 Å². The number of unbranched alkanes of at least 4 members (excludes halogenated alkanes) is 1. The van der Waals surface area contributed by atoms with Gasteiger partial charge in [-0.15, -0.1) is 0 Å². The minimum Gasteiger partial charge on any atom is -0.383 e. The second-order valence-corrected chi connectivity index (χ2v) is 4.36. The number of fused-ring (bicyclic) bond motifs is 1. The molecule has 0 fully saturated rings. The Kier molecular flexibility index (Phi) is 3.44. The van der Waals surface area contributed by atoms with Crippen LogP contribution >= 0.6 is 0 Å². The van der Waals surface area contributed by atoms with Crippen molar-refractivity contribution >= 4 is 16.6 Å². The van der Waals surface area contributed by atoms with E-state index in [1.165, 1.54) is 24.9 Å². The number of benzene rings is 1. The number of aromatic amines is 1. The molecule has 1 unspecified atom stereocenters. The summed E-state index contributed by atoms with van der Waals surface area (Å²) >= 11 is 0. The molecular formula is C13H19N3. The first-order valence-corrected chi connectivity index (χ1v) is 5.99. The van der Waals surface area contributed by atoms with E-state index in [0.29, 0.717) is 6.04 Å². The molecule has 1 aromatic heterocycles. The summed E-state index contributed by atoms with van der Waals surface area (Å²) in [4.78, 5) is 0. The van der Waals surface area contributed by atoms with Gasteiger partial charge in [0, 0.05) is 17.1 Å². The zero-order valence-corrected chi connectivity index (χ0v) is 9.96. The maximum atomic E-state index is 4.02. The summed E-state index contributed by atoms with van der Waals surface area (Å²) in [5, 5.41) is 11.7. The molecule has 1 atom stereocenters. The van der Waals surface area contributed by atoms with Crippen LogP contribution < -0.4 is 5.32 Å². The lowest BCUT2D eigenvalue weighted by atomic mass is 10.1. The molecule has 0 saturated carbocycles. The lowest BCUT2D eigenvalue weighted by molar-refractivity contribution is 0.645. The van der Waals surface area contributed by atoms with E-state index in [2.05, 4.69) is 47.6 Å². The average molecular weight is 217 g/mol. The Morgan fingerprint density at radius 3 is 3.12 bits per heavy atom. The van der Waals surface area contributed by atoms with Crippen molar-refractivity contribution in [1.29, 1.82) is 0 Å². The van der Waals surface area contributed by atoms with E-state index in [4.69, 9.17) is 0 Å². The monoisotopic (exact) mass is 217 g/mol. The van der Waals surface area contributed by atoms with E-state index in [1.54, 1.807) is 0 Å². The highest BCUT2D eigenvalue weighted by Crippen LogP contribution is 2.18. The predicted molar refractivity (Wildman–Crippen MR) is 68.7 cm³/mol. The molecule has 1 aromatic carbocycles. The second kappa shape index (κ2) is 5.01. The molecule has 0 aliphatic heterocycles. The average Bonchev–Trinajstić information content (AvgIpc) is 2.73. The van der Waals surface area contributed by atoms with Crippen molar-refractivity contribution in [3.05, 3.63) is 24.4 Å². The van der Waals surface area contributed by atoms with Crippen molar-refractivity contribution in [3.63, 3.8) is 0 Å². The maximum absolute atomic E-state index is 4.02. The highest BCUT2D eigenvalue weighted by molar-refractivity contribution is 5.81. The summed E-state index contributed by atoms with van der Waals surface area (Å²) in [5.74, 6) is 0. The normalized spacial score (nSPS) is 12.9. The molecule has 2 rings (SSSR count). The molecule has 0 aliphatic carbocycles. The van der Waals surface area contributed by atoms with Crippen LogP contribution in [0.1, 0.15) is 33.1 Å². The van der Waals surface area contributed by atoms with Crippen molar-refractivity contribution in [1.82, 2.24) is 10.2 Å². The van der Waals surface area contributed by atoms with Gasteiger partial charge in [-0.3, -0.25) is 5.10 Å². The molecule has 0 amide bonds. The summed E-state index contributed by atoms with van der Waals surface area (Å²) in [6.45, 7) is 4.45. The highest BCUT2D eigenvalue weighted by atomic mass is 15.1. The molecule has 3 nitrogen and oxygen atoms in total. The quantitative estimate of drug-likeness (QED) is 0.804. The summed E-state index contributed by atoms with van der Waals surface area (Å²) in [5.41, 5.74) is 2.26. The van der Waals surface area contributed by atoms with Gasteiger partial charge < -0.3 is 5.32 Å². The number of rotatable bonds is 5. The Labute approximate surface area is 96.2 Å². The topological polar surface area (TPSA) is 40.7 Å². The van der Waals surface area contributed by atoms with Gasteiger partial charge in [0.25, 0.3) is 0 Å². The van der Waals surface area contributed by atoms with Crippen LogP contribution in [0.2, 0.25) is 0 Å². The maximum Gasteiger partial charge on any atom is 0.0670 e. The fourth-order valence-corrected chi connectivity index (χ4v) is 1.89. The van der Waals surface area contributed by atoms with Crippen molar-refractivity contribution in [3.8, 4) is 0 Å². The van der Waals surface area contributed by atoms with Crippen molar-refractivity contribution < 1.29 is 0 Å². The highest BCUT2D eigenvalue weighted by Gasteiger charge is 2.02. The molecule has 16 heavy (non-hydrogen) atoms. The third-order valence-corrected chi connectivity index (χ3v) is 2.85. The molecule has 0 bridgehead atoms. The van der Waals surface area contributed by atoms with Crippen LogP contribution in [-0.4, -0.2) is 16.2 Å². The van der Waals surface area contributed by atoms with Crippen molar-refractivity contribution in [2.75, 3.05) is 5.32 Å². The number of hydrogen-bond donors (Lipinski definition) is 2. The SMILES string of the molecule is CCCCC(C)Nc1ccc2cn[nH]c2c1. The van der Waals surface area contributed by atoms with Crippen LogP contribution in [0, 0.1) is 0 Å². The van der Waals surface area contributed by atoms with E-state index < -0.39 is 0 Å². The number of aromatic nitrogens is 2. The van der Waals surface area contributed by atoms with E-state index >= 15 is 0 Å². The fraction of sp³-hybridized carbons (Fsp3) is 0.462. The number of nitrogens with one attached hydrogen (secondary N) is 2. The smallest absolute Gasteiger partial charge is 0.0670 e. The Bertz CT molecular complexity index is 447. The van der Waals surface area contributed by atoms with Gasteiger partial charge in [0.15, 0.2) is 0 Å². The zero-order chi connectivity index (χ0) is 11.4. The number of H-pyrrole nitrogens is 1. The van der Waals surface area contributed by atoms with Crippen LogP contribution in [0.25, 0.3) is 10.9 Å². The molecule has 2 N–H and O–H groups in total. The van der Waals surface area contributed by atoms with E-state index in [9.17, 15) is 0 Å². The number of anilines is 1. The van der Waals surface area contributed by atoms with Crippen LogP contribution in [0.4, 0.5) is 5.69 Å². The van der Waals surface area contributed by atoms with Crippen LogP contribution in [0.5, 0.6) is 0 Å². The van der Waals surface area contributed by atoms with Crippen LogP contribution in [0.3, 0.4) is 0 Å². The summed E-state index contributed by atoms with van der Waals surface area (Å²) in [7, 11) is 0. The van der Waals surface area contributed by atoms with Crippen LogP contribution in [0.15, 0.2) is 24.4 Å². The van der Waals surface area contributed by atoms with Gasteiger partial charge >= 0.3 is 0 Å². The Balaban J connectivity index is 2.03. The third kappa shape index (κ3) is 2.54. The zero-order valence-electron chi connectivity index (χ0n) is 9.96. The molecule has 3 heteroatoms. The first kappa shape index (κ1) is 11.0. The van der Waals surface area contributed by atoms with Crippen molar-refractivity contribution in [2.45, 2.75) is 39.2 Å². The fourth-order valence-electron chi connectivity index (χ4n) is 1.89.